The molecule has 0 bridgehead atoms. The highest BCUT2D eigenvalue weighted by Gasteiger charge is 2.35. The van der Waals surface area contributed by atoms with Crippen molar-refractivity contribution in [1.29, 1.82) is 0 Å². The van der Waals surface area contributed by atoms with Gasteiger partial charge in [0.2, 0.25) is 0 Å². The zero-order valence-corrected chi connectivity index (χ0v) is 28.4. The number of esters is 1. The number of carbonyl (C=O) groups excluding carboxylic acids is 1. The van der Waals surface area contributed by atoms with Gasteiger partial charge in [-0.15, -0.1) is 0 Å². The molecule has 2 heterocycles. The molecule has 0 spiro atoms. The molecule has 6 rings (SSSR count). The number of carbonyl (C=O) groups is 1. The Hall–Kier alpha value is -4.51. The Morgan fingerprint density at radius 3 is 2.53 bits per heavy atom. The van der Waals surface area contributed by atoms with Gasteiger partial charge in [0, 0.05) is 10.6 Å². The summed E-state index contributed by atoms with van der Waals surface area (Å²) in [6, 6.07) is 25.0. The lowest BCUT2D eigenvalue weighted by molar-refractivity contribution is -0.138. The van der Waals surface area contributed by atoms with E-state index in [1.54, 1.807) is 37.3 Å². The van der Waals surface area contributed by atoms with Gasteiger partial charge in [0.25, 0.3) is 5.56 Å². The fraction of sp³-hybridized carbons (Fsp3) is 0.139. The highest BCUT2D eigenvalue weighted by atomic mass is 79.9. The zero-order chi connectivity index (χ0) is 33.1. The molecule has 4 aromatic carbocycles. The van der Waals surface area contributed by atoms with Crippen molar-refractivity contribution in [2.45, 2.75) is 19.6 Å². The van der Waals surface area contributed by atoms with E-state index in [9.17, 15) is 14.0 Å². The number of aromatic nitrogens is 1. The van der Waals surface area contributed by atoms with Gasteiger partial charge in [0.05, 0.1) is 40.0 Å². The molecule has 0 amide bonds. The SMILES string of the molecule is CCOC(=O)C1=C(c2ccccc2)N=c2s/c(=C\c3cc(Br)c(OCc4cccc(Cl)c4)c(OC)c3)c(=O)n2[C@H]1c1ccc(F)cc1. The van der Waals surface area contributed by atoms with Gasteiger partial charge < -0.3 is 14.2 Å². The number of methoxy groups -OCH3 is 1. The molecule has 5 aromatic rings. The summed E-state index contributed by atoms with van der Waals surface area (Å²) in [5, 5.41) is 0.612. The largest absolute Gasteiger partial charge is 0.493 e. The van der Waals surface area contributed by atoms with E-state index in [0.717, 1.165) is 5.56 Å². The molecule has 11 heteroatoms. The summed E-state index contributed by atoms with van der Waals surface area (Å²) in [6.07, 6.45) is 1.73. The highest BCUT2D eigenvalue weighted by molar-refractivity contribution is 9.10. The lowest BCUT2D eigenvalue weighted by Crippen LogP contribution is -2.40. The number of hydrogen-bond acceptors (Lipinski definition) is 7. The van der Waals surface area contributed by atoms with Crippen molar-refractivity contribution in [1.82, 2.24) is 4.57 Å². The number of nitrogens with zero attached hydrogens (tertiary/aromatic N) is 2. The van der Waals surface area contributed by atoms with E-state index in [0.29, 0.717) is 52.7 Å². The van der Waals surface area contributed by atoms with Crippen molar-refractivity contribution >= 4 is 56.6 Å². The minimum atomic E-state index is -0.910. The molecule has 0 unspecified atom stereocenters. The minimum absolute atomic E-state index is 0.125. The van der Waals surface area contributed by atoms with Crippen LogP contribution in [-0.2, 0) is 16.1 Å². The second-order valence-corrected chi connectivity index (χ2v) is 12.7. The molecule has 0 saturated carbocycles. The molecule has 0 radical (unpaired) electrons. The summed E-state index contributed by atoms with van der Waals surface area (Å²) in [6.45, 7) is 2.10. The fourth-order valence-electron chi connectivity index (χ4n) is 5.30. The molecular formula is C36H27BrClFN2O5S. The van der Waals surface area contributed by atoms with Gasteiger partial charge in [-0.2, -0.15) is 0 Å². The maximum atomic E-state index is 14.2. The van der Waals surface area contributed by atoms with E-state index >= 15 is 0 Å². The zero-order valence-electron chi connectivity index (χ0n) is 25.2. The number of halogens is 3. The van der Waals surface area contributed by atoms with E-state index in [-0.39, 0.29) is 24.3 Å². The quantitative estimate of drug-likeness (QED) is 0.152. The third kappa shape index (κ3) is 6.81. The van der Waals surface area contributed by atoms with Crippen LogP contribution in [0.25, 0.3) is 11.8 Å². The molecule has 47 heavy (non-hydrogen) atoms. The van der Waals surface area contributed by atoms with Crippen molar-refractivity contribution in [3.63, 3.8) is 0 Å². The van der Waals surface area contributed by atoms with Gasteiger partial charge in [-0.3, -0.25) is 9.36 Å². The van der Waals surface area contributed by atoms with Gasteiger partial charge in [-0.25, -0.2) is 14.2 Å². The maximum absolute atomic E-state index is 14.2. The Morgan fingerprint density at radius 2 is 1.83 bits per heavy atom. The standard InChI is InChI=1S/C36H27BrClFN2O5S/c1-3-45-35(43)30-31(23-9-5-4-6-10-23)40-36-41(32(30)24-12-14-26(39)15-13-24)34(42)29(47-36)19-22-17-27(37)33(28(18-22)44-2)46-20-21-8-7-11-25(38)16-21/h4-19,32H,3,20H2,1-2H3/b29-19-/t32-/m0/s1. The Balaban J connectivity index is 1.49. The second-order valence-electron chi connectivity index (χ2n) is 10.4. The van der Waals surface area contributed by atoms with Crippen molar-refractivity contribution in [3.05, 3.63) is 154 Å². The molecule has 0 aliphatic carbocycles. The topological polar surface area (TPSA) is 79.1 Å². The van der Waals surface area contributed by atoms with Crippen molar-refractivity contribution < 1.29 is 23.4 Å². The van der Waals surface area contributed by atoms with E-state index in [1.807, 2.05) is 54.6 Å². The number of hydrogen-bond donors (Lipinski definition) is 0. The minimum Gasteiger partial charge on any atom is -0.493 e. The number of thiazole rings is 1. The van der Waals surface area contributed by atoms with E-state index in [4.69, 9.17) is 30.8 Å². The van der Waals surface area contributed by atoms with Crippen molar-refractivity contribution in [2.24, 2.45) is 4.99 Å². The predicted molar refractivity (Wildman–Crippen MR) is 184 cm³/mol. The van der Waals surface area contributed by atoms with E-state index < -0.39 is 17.8 Å². The number of benzene rings is 4. The maximum Gasteiger partial charge on any atom is 0.338 e. The first-order valence-electron chi connectivity index (χ1n) is 14.6. The van der Waals surface area contributed by atoms with Crippen LogP contribution in [0.2, 0.25) is 5.02 Å². The Kier molecular flexibility index (Phi) is 9.72. The molecule has 238 valence electrons. The van der Waals surface area contributed by atoms with E-state index in [2.05, 4.69) is 15.9 Å². The van der Waals surface area contributed by atoms with Gasteiger partial charge >= 0.3 is 5.97 Å². The first-order valence-corrected chi connectivity index (χ1v) is 16.5. The van der Waals surface area contributed by atoms with Gasteiger partial charge in [0.1, 0.15) is 12.4 Å². The lowest BCUT2D eigenvalue weighted by atomic mass is 9.93. The van der Waals surface area contributed by atoms with Crippen molar-refractivity contribution in [2.75, 3.05) is 13.7 Å². The Labute approximate surface area is 287 Å². The molecule has 0 N–H and O–H groups in total. The van der Waals surface area contributed by atoms with Gasteiger partial charge in [-0.1, -0.05) is 77.5 Å². The van der Waals surface area contributed by atoms with Crippen LogP contribution >= 0.6 is 38.9 Å². The molecule has 0 saturated heterocycles. The number of fused-ring (bicyclic) bond motifs is 1. The third-order valence-corrected chi connectivity index (χ3v) is 9.19. The fourth-order valence-corrected chi connectivity index (χ4v) is 7.09. The van der Waals surface area contributed by atoms with Crippen LogP contribution in [0.15, 0.2) is 111 Å². The average molecular weight is 734 g/mol. The molecule has 0 fully saturated rings. The smallest absolute Gasteiger partial charge is 0.338 e. The monoisotopic (exact) mass is 732 g/mol. The van der Waals surface area contributed by atoms with Crippen molar-refractivity contribution in [3.8, 4) is 11.5 Å². The molecule has 1 aliphatic rings. The van der Waals surface area contributed by atoms with Crippen LogP contribution in [0.5, 0.6) is 11.5 Å². The normalized spacial score (nSPS) is 14.4. The summed E-state index contributed by atoms with van der Waals surface area (Å²) >= 11 is 10.9. The number of ether oxygens (including phenoxy) is 3. The first-order chi connectivity index (χ1) is 22.8. The molecule has 1 aromatic heterocycles. The second kappa shape index (κ2) is 14.1. The predicted octanol–water partition coefficient (Wildman–Crippen LogP) is 7.08. The van der Waals surface area contributed by atoms with Crippen LogP contribution in [0.1, 0.15) is 35.2 Å². The number of rotatable bonds is 9. The molecule has 7 nitrogen and oxygen atoms in total. The summed E-state index contributed by atoms with van der Waals surface area (Å²) in [7, 11) is 1.54. The average Bonchev–Trinajstić information content (AvgIpc) is 3.38. The van der Waals surface area contributed by atoms with E-state index in [1.165, 1.54) is 35.1 Å². The van der Waals surface area contributed by atoms with Crippen LogP contribution in [0, 0.1) is 5.82 Å². The van der Waals surface area contributed by atoms with Crippen LogP contribution < -0.4 is 24.4 Å². The Morgan fingerprint density at radius 1 is 1.06 bits per heavy atom. The molecular weight excluding hydrogens is 707 g/mol. The van der Waals surface area contributed by atoms with Gasteiger partial charge in [0.15, 0.2) is 16.3 Å². The summed E-state index contributed by atoms with van der Waals surface area (Å²) in [5.41, 5.74) is 2.99. The summed E-state index contributed by atoms with van der Waals surface area (Å²) < 4.78 is 33.7. The molecule has 1 aliphatic heterocycles. The summed E-state index contributed by atoms with van der Waals surface area (Å²) in [4.78, 5) is 33.0. The van der Waals surface area contributed by atoms with Crippen LogP contribution in [-0.4, -0.2) is 24.3 Å². The first kappa shape index (κ1) is 32.4. The lowest BCUT2D eigenvalue weighted by Gasteiger charge is -2.25. The highest BCUT2D eigenvalue weighted by Crippen LogP contribution is 2.38. The van der Waals surface area contributed by atoms with Crippen LogP contribution in [0.3, 0.4) is 0 Å². The van der Waals surface area contributed by atoms with Crippen LogP contribution in [0.4, 0.5) is 4.39 Å². The summed E-state index contributed by atoms with van der Waals surface area (Å²) in [5.74, 6) is -0.0964. The third-order valence-electron chi connectivity index (χ3n) is 7.38. The molecule has 1 atom stereocenters. The van der Waals surface area contributed by atoms with Gasteiger partial charge in [-0.05, 0) is 82.0 Å². The Bertz CT molecular complexity index is 2180.